The second-order valence-electron chi connectivity index (χ2n) is 9.46. The Morgan fingerprint density at radius 2 is 1.87 bits per heavy atom. The van der Waals surface area contributed by atoms with Crippen molar-refractivity contribution in [1.29, 1.82) is 0 Å². The highest BCUT2D eigenvalue weighted by atomic mass is 16.3. The minimum Gasteiger partial charge on any atom is -0.388 e. The van der Waals surface area contributed by atoms with E-state index in [0.717, 1.165) is 43.2 Å². The van der Waals surface area contributed by atoms with Gasteiger partial charge >= 0.3 is 0 Å². The summed E-state index contributed by atoms with van der Waals surface area (Å²) in [6.45, 7) is 4.04. The van der Waals surface area contributed by atoms with E-state index < -0.39 is 5.60 Å². The topological polar surface area (TPSA) is 69.6 Å². The van der Waals surface area contributed by atoms with Crippen LogP contribution in [0, 0.1) is 5.92 Å². The van der Waals surface area contributed by atoms with E-state index in [1.807, 2.05) is 24.3 Å². The Labute approximate surface area is 177 Å². The Morgan fingerprint density at radius 1 is 1.13 bits per heavy atom. The molecule has 0 bridgehead atoms. The molecule has 1 aliphatic heterocycles. The van der Waals surface area contributed by atoms with Gasteiger partial charge in [-0.05, 0) is 80.7 Å². The molecule has 3 aliphatic rings. The van der Waals surface area contributed by atoms with E-state index in [2.05, 4.69) is 11.4 Å². The number of fused-ring (bicyclic) bond motifs is 2. The molecule has 2 N–H and O–H groups in total. The van der Waals surface area contributed by atoms with E-state index in [4.69, 9.17) is 0 Å². The van der Waals surface area contributed by atoms with Crippen molar-refractivity contribution in [1.82, 2.24) is 4.90 Å². The van der Waals surface area contributed by atoms with Gasteiger partial charge in [-0.3, -0.25) is 9.59 Å². The molecule has 1 fully saturated rings. The van der Waals surface area contributed by atoms with Crippen LogP contribution in [-0.4, -0.2) is 33.5 Å². The molecule has 5 heteroatoms. The number of nitrogens with zero attached hydrogens (tertiary/aromatic N) is 1. The van der Waals surface area contributed by atoms with Gasteiger partial charge in [0.2, 0.25) is 0 Å². The first-order chi connectivity index (χ1) is 14.3. The third-order valence-electron chi connectivity index (χ3n) is 6.73. The number of aryl methyl sites for hydroxylation is 1. The summed E-state index contributed by atoms with van der Waals surface area (Å²) in [5.41, 5.74) is 4.15. The van der Waals surface area contributed by atoms with Crippen LogP contribution in [0.3, 0.4) is 0 Å². The van der Waals surface area contributed by atoms with Gasteiger partial charge in [-0.1, -0.05) is 24.3 Å². The normalized spacial score (nSPS) is 18.9. The first kappa shape index (κ1) is 19.3. The van der Waals surface area contributed by atoms with Crippen LogP contribution in [0.1, 0.15) is 70.5 Å². The molecular weight excluding hydrogens is 376 g/mol. The average molecular weight is 405 g/mol. The van der Waals surface area contributed by atoms with E-state index in [1.54, 1.807) is 24.8 Å². The van der Waals surface area contributed by atoms with E-state index in [1.165, 1.54) is 5.56 Å². The van der Waals surface area contributed by atoms with Gasteiger partial charge in [-0.15, -0.1) is 0 Å². The standard InChI is InChI=1S/C25H28N2O3/c1-25(2,30)22(16-12-13-16)27-14-17-8-5-11-20(21(17)24(27)29)26-23(28)19-10-4-7-15-6-3-9-18(15)19/h4-5,7-8,10-11,16,22,30H,3,6,9,12-14H2,1-2H3,(H,26,28)/t22-/m1/s1. The van der Waals surface area contributed by atoms with Crippen LogP contribution in [0.5, 0.6) is 0 Å². The molecule has 5 nitrogen and oxygen atoms in total. The maximum atomic E-state index is 13.4. The van der Waals surface area contributed by atoms with E-state index in [0.29, 0.717) is 29.3 Å². The van der Waals surface area contributed by atoms with Crippen molar-refractivity contribution in [3.63, 3.8) is 0 Å². The van der Waals surface area contributed by atoms with Crippen LogP contribution in [0.15, 0.2) is 36.4 Å². The molecule has 2 aromatic rings. The summed E-state index contributed by atoms with van der Waals surface area (Å²) < 4.78 is 0. The minimum absolute atomic E-state index is 0.0989. The second kappa shape index (κ2) is 6.95. The van der Waals surface area contributed by atoms with Crippen molar-refractivity contribution in [3.05, 3.63) is 64.2 Å². The van der Waals surface area contributed by atoms with Crippen LogP contribution >= 0.6 is 0 Å². The molecule has 2 aliphatic carbocycles. The Hall–Kier alpha value is -2.66. The highest BCUT2D eigenvalue weighted by Gasteiger charge is 2.48. The number of nitrogens with one attached hydrogen (secondary N) is 1. The van der Waals surface area contributed by atoms with Gasteiger partial charge in [-0.25, -0.2) is 0 Å². The summed E-state index contributed by atoms with van der Waals surface area (Å²) in [5, 5.41) is 13.7. The van der Waals surface area contributed by atoms with Gasteiger partial charge in [0.15, 0.2) is 0 Å². The summed E-state index contributed by atoms with van der Waals surface area (Å²) in [4.78, 5) is 28.3. The third-order valence-corrected chi connectivity index (χ3v) is 6.73. The van der Waals surface area contributed by atoms with E-state index >= 15 is 0 Å². The number of carbonyl (C=O) groups is 2. The van der Waals surface area contributed by atoms with Gasteiger partial charge in [0.05, 0.1) is 22.9 Å². The molecule has 156 valence electrons. The number of benzene rings is 2. The minimum atomic E-state index is -0.965. The Kier molecular flexibility index (Phi) is 4.47. The van der Waals surface area contributed by atoms with Crippen LogP contribution < -0.4 is 5.32 Å². The molecule has 30 heavy (non-hydrogen) atoms. The fraction of sp³-hybridized carbons (Fsp3) is 0.440. The largest absolute Gasteiger partial charge is 0.388 e. The van der Waals surface area contributed by atoms with Crippen LogP contribution in [0.4, 0.5) is 5.69 Å². The predicted octanol–water partition coefficient (Wildman–Crippen LogP) is 3.93. The Bertz CT molecular complexity index is 1030. The summed E-state index contributed by atoms with van der Waals surface area (Å²) in [5.74, 6) is 0.0843. The van der Waals surface area contributed by atoms with Crippen LogP contribution in [0.25, 0.3) is 0 Å². The summed E-state index contributed by atoms with van der Waals surface area (Å²) in [6.07, 6.45) is 5.10. The maximum Gasteiger partial charge on any atom is 0.256 e. The lowest BCUT2D eigenvalue weighted by Gasteiger charge is -2.37. The quantitative estimate of drug-likeness (QED) is 0.793. The highest BCUT2D eigenvalue weighted by Crippen LogP contribution is 2.43. The molecule has 5 rings (SSSR count). The van der Waals surface area contributed by atoms with Gasteiger partial charge in [-0.2, -0.15) is 0 Å². The lowest BCUT2D eigenvalue weighted by Crippen LogP contribution is -2.51. The first-order valence-corrected chi connectivity index (χ1v) is 10.9. The molecule has 2 aromatic carbocycles. The first-order valence-electron chi connectivity index (χ1n) is 10.9. The van der Waals surface area contributed by atoms with Gasteiger partial charge in [0.1, 0.15) is 0 Å². The number of hydrogen-bond donors (Lipinski definition) is 2. The fourth-order valence-electron chi connectivity index (χ4n) is 5.36. The summed E-state index contributed by atoms with van der Waals surface area (Å²) in [7, 11) is 0. The number of aliphatic hydroxyl groups is 1. The summed E-state index contributed by atoms with van der Waals surface area (Å²) in [6, 6.07) is 11.3. The smallest absolute Gasteiger partial charge is 0.256 e. The number of rotatable bonds is 5. The molecule has 1 saturated carbocycles. The van der Waals surface area contributed by atoms with Crippen molar-refractivity contribution in [2.45, 2.75) is 64.1 Å². The zero-order chi connectivity index (χ0) is 21.0. The van der Waals surface area contributed by atoms with Crippen LogP contribution in [0.2, 0.25) is 0 Å². The van der Waals surface area contributed by atoms with Crippen LogP contribution in [-0.2, 0) is 19.4 Å². The number of anilines is 1. The third kappa shape index (κ3) is 3.21. The van der Waals surface area contributed by atoms with Crippen molar-refractivity contribution in [2.75, 3.05) is 5.32 Å². The Morgan fingerprint density at radius 3 is 2.60 bits per heavy atom. The van der Waals surface area contributed by atoms with Crippen molar-refractivity contribution in [2.24, 2.45) is 5.92 Å². The molecule has 0 radical (unpaired) electrons. The van der Waals surface area contributed by atoms with E-state index in [9.17, 15) is 14.7 Å². The van der Waals surface area contributed by atoms with Gasteiger partial charge < -0.3 is 15.3 Å². The second-order valence-corrected chi connectivity index (χ2v) is 9.46. The molecular formula is C25H28N2O3. The molecule has 1 atom stereocenters. The molecule has 2 amide bonds. The highest BCUT2D eigenvalue weighted by molar-refractivity contribution is 6.11. The Balaban J connectivity index is 1.44. The fourth-order valence-corrected chi connectivity index (χ4v) is 5.36. The van der Waals surface area contributed by atoms with Crippen molar-refractivity contribution in [3.8, 4) is 0 Å². The molecule has 0 aromatic heterocycles. The zero-order valence-corrected chi connectivity index (χ0v) is 17.6. The van der Waals surface area contributed by atoms with E-state index in [-0.39, 0.29) is 17.9 Å². The lowest BCUT2D eigenvalue weighted by atomic mass is 9.93. The van der Waals surface area contributed by atoms with Crippen molar-refractivity contribution >= 4 is 17.5 Å². The van der Waals surface area contributed by atoms with Crippen molar-refractivity contribution < 1.29 is 14.7 Å². The lowest BCUT2D eigenvalue weighted by molar-refractivity contribution is -0.0224. The number of carbonyl (C=O) groups excluding carboxylic acids is 2. The van der Waals surface area contributed by atoms with Gasteiger partial charge in [0, 0.05) is 12.1 Å². The predicted molar refractivity (Wildman–Crippen MR) is 116 cm³/mol. The average Bonchev–Trinajstić information content (AvgIpc) is 3.29. The molecule has 1 heterocycles. The molecule has 0 unspecified atom stereocenters. The van der Waals surface area contributed by atoms with Gasteiger partial charge in [0.25, 0.3) is 11.8 Å². The maximum absolute atomic E-state index is 13.4. The summed E-state index contributed by atoms with van der Waals surface area (Å²) >= 11 is 0. The number of hydrogen-bond acceptors (Lipinski definition) is 3. The zero-order valence-electron chi connectivity index (χ0n) is 17.6. The molecule has 0 saturated heterocycles. The molecule has 0 spiro atoms. The number of amides is 2. The monoisotopic (exact) mass is 404 g/mol. The SMILES string of the molecule is CC(C)(O)[C@@H](C1CC1)N1Cc2cccc(NC(=O)c3cccc4c3CCC4)c2C1=O.